The Labute approximate surface area is 186 Å². The van der Waals surface area contributed by atoms with E-state index in [0.717, 1.165) is 25.7 Å². The van der Waals surface area contributed by atoms with Crippen LogP contribution in [-0.4, -0.2) is 57.1 Å². The first-order valence-corrected chi connectivity index (χ1v) is 11.4. The van der Waals surface area contributed by atoms with Gasteiger partial charge in [-0.05, 0) is 40.5 Å². The number of fused-ring (bicyclic) bond motifs is 1. The van der Waals surface area contributed by atoms with E-state index in [1.807, 2.05) is 32.9 Å². The summed E-state index contributed by atoms with van der Waals surface area (Å²) in [5.74, 6) is -1.37. The van der Waals surface area contributed by atoms with Gasteiger partial charge < -0.3 is 24.8 Å². The van der Waals surface area contributed by atoms with Crippen molar-refractivity contribution < 1.29 is 23.6 Å². The summed E-state index contributed by atoms with van der Waals surface area (Å²) in [4.78, 5) is 42.3. The van der Waals surface area contributed by atoms with Gasteiger partial charge in [-0.2, -0.15) is 0 Å². The van der Waals surface area contributed by atoms with Crippen LogP contribution in [0.4, 0.5) is 5.82 Å². The lowest BCUT2D eigenvalue weighted by Gasteiger charge is -2.37. The van der Waals surface area contributed by atoms with Crippen LogP contribution in [0, 0.1) is 18.8 Å². The standard InChI is InChI=1S/C23H30N4O5/c1-12-11-15(26-32-12)24-19(28)16-14-9-10-23(31-14)17(16)21(30)27(13-7-5-6-8-13)18(23)20(29)25-22(2,3)4/h9-11,13-14,16-18H,5-8H2,1-4H3,(H,25,29)(H,24,26,28). The molecule has 1 spiro atoms. The van der Waals surface area contributed by atoms with Crippen molar-refractivity contribution in [2.24, 2.45) is 11.8 Å². The number of nitrogens with zero attached hydrogens (tertiary/aromatic N) is 2. The first-order valence-electron chi connectivity index (χ1n) is 11.4. The van der Waals surface area contributed by atoms with Gasteiger partial charge in [0.05, 0.1) is 17.9 Å². The van der Waals surface area contributed by atoms with Gasteiger partial charge in [-0.1, -0.05) is 30.2 Å². The fourth-order valence-corrected chi connectivity index (χ4v) is 5.86. The lowest BCUT2D eigenvalue weighted by molar-refractivity contribution is -0.144. The highest BCUT2D eigenvalue weighted by Crippen LogP contribution is 2.56. The van der Waals surface area contributed by atoms with E-state index in [2.05, 4.69) is 15.8 Å². The SMILES string of the molecule is Cc1cc(NC(=O)C2C3C=CC4(O3)C2C(=O)N(C2CCCC2)C4C(=O)NC(C)(C)C)no1. The van der Waals surface area contributed by atoms with E-state index in [1.54, 1.807) is 17.9 Å². The van der Waals surface area contributed by atoms with E-state index >= 15 is 0 Å². The van der Waals surface area contributed by atoms with Crippen molar-refractivity contribution in [2.75, 3.05) is 5.32 Å². The molecule has 1 aromatic rings. The number of likely N-dealkylation sites (tertiary alicyclic amines) is 1. The molecule has 5 unspecified atom stereocenters. The molecule has 1 aliphatic carbocycles. The molecule has 1 aromatic heterocycles. The fraction of sp³-hybridized carbons (Fsp3) is 0.652. The molecular formula is C23H30N4O5. The Morgan fingerprint density at radius 2 is 1.94 bits per heavy atom. The van der Waals surface area contributed by atoms with Crippen LogP contribution in [-0.2, 0) is 19.1 Å². The number of ether oxygens (including phenoxy) is 1. The Kier molecular flexibility index (Phi) is 4.74. The third-order valence-electron chi connectivity index (χ3n) is 6.96. The fourth-order valence-electron chi connectivity index (χ4n) is 5.86. The molecule has 4 aliphatic rings. The Balaban J connectivity index is 1.50. The third-order valence-corrected chi connectivity index (χ3v) is 6.96. The van der Waals surface area contributed by atoms with Crippen LogP contribution < -0.4 is 10.6 Å². The van der Waals surface area contributed by atoms with Crippen LogP contribution >= 0.6 is 0 Å². The highest BCUT2D eigenvalue weighted by Gasteiger charge is 2.73. The maximum Gasteiger partial charge on any atom is 0.246 e. The minimum atomic E-state index is -1.14. The minimum Gasteiger partial charge on any atom is -0.360 e. The van der Waals surface area contributed by atoms with Crippen LogP contribution in [0.3, 0.4) is 0 Å². The molecule has 5 rings (SSSR count). The summed E-state index contributed by atoms with van der Waals surface area (Å²) in [5.41, 5.74) is -1.60. The summed E-state index contributed by atoms with van der Waals surface area (Å²) < 4.78 is 11.4. The Bertz CT molecular complexity index is 989. The molecule has 5 atom stereocenters. The number of nitrogens with one attached hydrogen (secondary N) is 2. The topological polar surface area (TPSA) is 114 Å². The van der Waals surface area contributed by atoms with Crippen LogP contribution in [0.1, 0.15) is 52.2 Å². The summed E-state index contributed by atoms with van der Waals surface area (Å²) in [5, 5.41) is 9.63. The number of amides is 3. The van der Waals surface area contributed by atoms with Crippen molar-refractivity contribution in [3.8, 4) is 0 Å². The molecule has 1 saturated carbocycles. The largest absolute Gasteiger partial charge is 0.360 e. The first kappa shape index (κ1) is 21.2. The number of aryl methyl sites for hydroxylation is 1. The van der Waals surface area contributed by atoms with Crippen LogP contribution in [0.25, 0.3) is 0 Å². The molecule has 172 valence electrons. The van der Waals surface area contributed by atoms with Gasteiger partial charge in [-0.15, -0.1) is 0 Å². The maximum absolute atomic E-state index is 13.8. The Morgan fingerprint density at radius 1 is 1.22 bits per heavy atom. The maximum atomic E-state index is 13.8. The van der Waals surface area contributed by atoms with Gasteiger partial charge in [0, 0.05) is 17.6 Å². The van der Waals surface area contributed by atoms with E-state index in [1.165, 1.54) is 0 Å². The third kappa shape index (κ3) is 3.17. The molecular weight excluding hydrogens is 412 g/mol. The Hall–Kier alpha value is -2.68. The number of anilines is 1. The second-order valence-corrected chi connectivity index (χ2v) is 10.4. The summed E-state index contributed by atoms with van der Waals surface area (Å²) in [7, 11) is 0. The number of hydrogen-bond acceptors (Lipinski definition) is 6. The van der Waals surface area contributed by atoms with E-state index in [0.29, 0.717) is 11.6 Å². The molecule has 4 heterocycles. The average Bonchev–Trinajstić information content (AvgIpc) is 3.48. The van der Waals surface area contributed by atoms with Crippen molar-refractivity contribution in [3.63, 3.8) is 0 Å². The predicted molar refractivity (Wildman–Crippen MR) is 114 cm³/mol. The lowest BCUT2D eigenvalue weighted by Crippen LogP contribution is -2.59. The summed E-state index contributed by atoms with van der Waals surface area (Å²) >= 11 is 0. The second-order valence-electron chi connectivity index (χ2n) is 10.4. The number of hydrogen-bond donors (Lipinski definition) is 2. The summed E-state index contributed by atoms with van der Waals surface area (Å²) in [6, 6.07) is 0.810. The monoisotopic (exact) mass is 442 g/mol. The van der Waals surface area contributed by atoms with Crippen molar-refractivity contribution in [1.29, 1.82) is 0 Å². The number of carbonyl (C=O) groups is 3. The molecule has 9 heteroatoms. The van der Waals surface area contributed by atoms with Crippen molar-refractivity contribution >= 4 is 23.5 Å². The van der Waals surface area contributed by atoms with E-state index < -0.39 is 35.1 Å². The highest BCUT2D eigenvalue weighted by atomic mass is 16.5. The molecule has 9 nitrogen and oxygen atoms in total. The minimum absolute atomic E-state index is 0.0175. The second kappa shape index (κ2) is 7.16. The normalized spacial score (nSPS) is 33.8. The molecule has 2 bridgehead atoms. The van der Waals surface area contributed by atoms with Crippen molar-refractivity contribution in [3.05, 3.63) is 24.0 Å². The van der Waals surface area contributed by atoms with Crippen LogP contribution in [0.15, 0.2) is 22.7 Å². The zero-order valence-electron chi connectivity index (χ0n) is 18.9. The molecule has 32 heavy (non-hydrogen) atoms. The molecule has 3 aliphatic heterocycles. The van der Waals surface area contributed by atoms with Gasteiger partial charge >= 0.3 is 0 Å². The Morgan fingerprint density at radius 3 is 2.56 bits per heavy atom. The van der Waals surface area contributed by atoms with Crippen molar-refractivity contribution in [1.82, 2.24) is 15.4 Å². The van der Waals surface area contributed by atoms with E-state index in [9.17, 15) is 14.4 Å². The molecule has 0 radical (unpaired) electrons. The predicted octanol–water partition coefficient (Wildman–Crippen LogP) is 1.93. The highest BCUT2D eigenvalue weighted by molar-refractivity contribution is 6.02. The van der Waals surface area contributed by atoms with Gasteiger partial charge in [0.1, 0.15) is 17.4 Å². The molecule has 3 fully saturated rings. The summed E-state index contributed by atoms with van der Waals surface area (Å²) in [6.45, 7) is 7.47. The average molecular weight is 443 g/mol. The van der Waals surface area contributed by atoms with Crippen LogP contribution in [0.2, 0.25) is 0 Å². The van der Waals surface area contributed by atoms with E-state index in [-0.39, 0.29) is 23.8 Å². The molecule has 0 aromatic carbocycles. The lowest BCUT2D eigenvalue weighted by atomic mass is 9.74. The number of carbonyl (C=O) groups excluding carboxylic acids is 3. The van der Waals surface area contributed by atoms with Gasteiger partial charge in [0.25, 0.3) is 0 Å². The van der Waals surface area contributed by atoms with Crippen molar-refractivity contribution in [2.45, 2.75) is 82.7 Å². The number of aromatic nitrogens is 1. The molecule has 2 N–H and O–H groups in total. The zero-order chi connectivity index (χ0) is 22.8. The quantitative estimate of drug-likeness (QED) is 0.689. The number of rotatable bonds is 4. The zero-order valence-corrected chi connectivity index (χ0v) is 18.9. The van der Waals surface area contributed by atoms with Gasteiger partial charge in [-0.25, -0.2) is 0 Å². The van der Waals surface area contributed by atoms with E-state index in [4.69, 9.17) is 9.26 Å². The first-order chi connectivity index (χ1) is 15.1. The molecule has 3 amide bonds. The van der Waals surface area contributed by atoms with Gasteiger partial charge in [0.15, 0.2) is 5.82 Å². The van der Waals surface area contributed by atoms with Crippen LogP contribution in [0.5, 0.6) is 0 Å². The summed E-state index contributed by atoms with van der Waals surface area (Å²) in [6.07, 6.45) is 6.85. The van der Waals surface area contributed by atoms with Gasteiger partial charge in [0.2, 0.25) is 17.7 Å². The van der Waals surface area contributed by atoms with Gasteiger partial charge in [-0.3, -0.25) is 14.4 Å². The molecule has 2 saturated heterocycles. The smallest absolute Gasteiger partial charge is 0.246 e.